The summed E-state index contributed by atoms with van der Waals surface area (Å²) in [5.74, 6) is 0. The van der Waals surface area contributed by atoms with E-state index < -0.39 is 0 Å². The molecule has 142 valence electrons. The van der Waals surface area contributed by atoms with Gasteiger partial charge in [-0.15, -0.1) is 11.3 Å². The number of amides is 2. The standard InChI is InChI=1S/C19H23N5O2S/c1-12(17-13(2)27-14(3)22-17)23(4)19(26)20-9-10-24-18(25)16-8-6-5-7-15(16)11-21-24/h5-8,11-12H,9-10H2,1-4H3,(H,20,26). The Bertz CT molecular complexity index is 1030. The first-order valence-electron chi connectivity index (χ1n) is 8.78. The highest BCUT2D eigenvalue weighted by atomic mass is 32.1. The predicted octanol–water partition coefficient (Wildman–Crippen LogP) is 2.87. The zero-order valence-electron chi connectivity index (χ0n) is 15.9. The molecule has 0 saturated heterocycles. The molecule has 2 heterocycles. The van der Waals surface area contributed by atoms with Crippen LogP contribution in [-0.2, 0) is 6.54 Å². The van der Waals surface area contributed by atoms with Crippen LogP contribution < -0.4 is 10.9 Å². The Morgan fingerprint density at radius 3 is 2.78 bits per heavy atom. The number of carbonyl (C=O) groups excluding carboxylic acids is 1. The van der Waals surface area contributed by atoms with Crippen LogP contribution in [0, 0.1) is 13.8 Å². The van der Waals surface area contributed by atoms with Gasteiger partial charge in [0.1, 0.15) is 0 Å². The Balaban J connectivity index is 1.62. The van der Waals surface area contributed by atoms with Crippen molar-refractivity contribution in [1.82, 2.24) is 25.0 Å². The van der Waals surface area contributed by atoms with E-state index in [1.165, 1.54) is 4.68 Å². The lowest BCUT2D eigenvalue weighted by atomic mass is 10.2. The molecule has 2 amide bonds. The summed E-state index contributed by atoms with van der Waals surface area (Å²) in [6.45, 7) is 6.56. The zero-order chi connectivity index (χ0) is 19.6. The van der Waals surface area contributed by atoms with Crippen molar-refractivity contribution in [2.24, 2.45) is 0 Å². The van der Waals surface area contributed by atoms with Crippen LogP contribution in [0.5, 0.6) is 0 Å². The fraction of sp³-hybridized carbons (Fsp3) is 0.368. The maximum atomic E-state index is 12.4. The highest BCUT2D eigenvalue weighted by Gasteiger charge is 2.21. The van der Waals surface area contributed by atoms with Crippen LogP contribution >= 0.6 is 11.3 Å². The van der Waals surface area contributed by atoms with Crippen LogP contribution in [0.15, 0.2) is 35.3 Å². The number of benzene rings is 1. The van der Waals surface area contributed by atoms with Gasteiger partial charge in [-0.1, -0.05) is 18.2 Å². The summed E-state index contributed by atoms with van der Waals surface area (Å²) in [6.07, 6.45) is 1.67. The number of urea groups is 1. The third-order valence-electron chi connectivity index (χ3n) is 4.60. The maximum absolute atomic E-state index is 12.4. The van der Waals surface area contributed by atoms with E-state index in [0.29, 0.717) is 18.5 Å². The van der Waals surface area contributed by atoms with Gasteiger partial charge in [0, 0.05) is 23.9 Å². The van der Waals surface area contributed by atoms with Gasteiger partial charge in [-0.25, -0.2) is 14.5 Å². The van der Waals surface area contributed by atoms with Crippen molar-refractivity contribution in [2.75, 3.05) is 13.6 Å². The van der Waals surface area contributed by atoms with Gasteiger partial charge in [0.2, 0.25) is 0 Å². The summed E-state index contributed by atoms with van der Waals surface area (Å²) in [6, 6.07) is 7.00. The number of thiazole rings is 1. The van der Waals surface area contributed by atoms with Crippen molar-refractivity contribution in [3.8, 4) is 0 Å². The summed E-state index contributed by atoms with van der Waals surface area (Å²) in [5, 5.41) is 9.45. The Morgan fingerprint density at radius 2 is 2.07 bits per heavy atom. The first-order valence-corrected chi connectivity index (χ1v) is 9.59. The second-order valence-corrected chi connectivity index (χ2v) is 7.86. The van der Waals surface area contributed by atoms with Crippen LogP contribution in [0.2, 0.25) is 0 Å². The van der Waals surface area contributed by atoms with Crippen molar-refractivity contribution < 1.29 is 4.79 Å². The maximum Gasteiger partial charge on any atom is 0.317 e. The van der Waals surface area contributed by atoms with Crippen molar-refractivity contribution >= 4 is 28.1 Å². The number of hydrogen-bond donors (Lipinski definition) is 1. The molecular formula is C19H23N5O2S. The molecule has 0 saturated carbocycles. The van der Waals surface area contributed by atoms with Crippen LogP contribution in [0.1, 0.15) is 28.5 Å². The Morgan fingerprint density at radius 1 is 1.33 bits per heavy atom. The molecule has 3 aromatic rings. The van der Waals surface area contributed by atoms with E-state index >= 15 is 0 Å². The second-order valence-electron chi connectivity index (χ2n) is 6.45. The van der Waals surface area contributed by atoms with Crippen LogP contribution in [0.4, 0.5) is 4.79 Å². The third kappa shape index (κ3) is 4.00. The molecule has 27 heavy (non-hydrogen) atoms. The molecule has 0 fully saturated rings. The summed E-state index contributed by atoms with van der Waals surface area (Å²) < 4.78 is 1.37. The Kier molecular flexibility index (Phi) is 5.55. The lowest BCUT2D eigenvalue weighted by molar-refractivity contribution is 0.193. The monoisotopic (exact) mass is 385 g/mol. The molecule has 1 N–H and O–H groups in total. The van der Waals surface area contributed by atoms with Crippen molar-refractivity contribution in [3.63, 3.8) is 0 Å². The highest BCUT2D eigenvalue weighted by molar-refractivity contribution is 7.11. The van der Waals surface area contributed by atoms with Crippen LogP contribution in [0.25, 0.3) is 10.8 Å². The van der Waals surface area contributed by atoms with Gasteiger partial charge >= 0.3 is 6.03 Å². The fourth-order valence-electron chi connectivity index (χ4n) is 2.97. The average molecular weight is 385 g/mol. The van der Waals surface area contributed by atoms with Gasteiger partial charge in [-0.3, -0.25) is 4.79 Å². The average Bonchev–Trinajstić information content (AvgIpc) is 3.00. The molecule has 1 unspecified atom stereocenters. The lowest BCUT2D eigenvalue weighted by Crippen LogP contribution is -2.41. The van der Waals surface area contributed by atoms with E-state index in [0.717, 1.165) is 21.0 Å². The zero-order valence-corrected chi connectivity index (χ0v) is 16.7. The van der Waals surface area contributed by atoms with E-state index in [2.05, 4.69) is 15.4 Å². The molecular weight excluding hydrogens is 362 g/mol. The quantitative estimate of drug-likeness (QED) is 0.732. The first kappa shape index (κ1) is 19.0. The van der Waals surface area contributed by atoms with Gasteiger partial charge in [-0.2, -0.15) is 5.10 Å². The minimum atomic E-state index is -0.207. The van der Waals surface area contributed by atoms with Crippen molar-refractivity contribution in [3.05, 3.63) is 56.4 Å². The number of aromatic nitrogens is 3. The highest BCUT2D eigenvalue weighted by Crippen LogP contribution is 2.25. The molecule has 0 bridgehead atoms. The smallest absolute Gasteiger partial charge is 0.317 e. The molecule has 1 aromatic carbocycles. The van der Waals surface area contributed by atoms with Gasteiger partial charge < -0.3 is 10.2 Å². The number of rotatable bonds is 5. The second kappa shape index (κ2) is 7.87. The molecule has 2 aromatic heterocycles. The summed E-state index contributed by atoms with van der Waals surface area (Å²) in [4.78, 5) is 32.2. The predicted molar refractivity (Wildman–Crippen MR) is 107 cm³/mol. The van der Waals surface area contributed by atoms with Gasteiger partial charge in [0.05, 0.1) is 34.9 Å². The number of fused-ring (bicyclic) bond motifs is 1. The van der Waals surface area contributed by atoms with E-state index in [9.17, 15) is 9.59 Å². The van der Waals surface area contributed by atoms with Crippen molar-refractivity contribution in [1.29, 1.82) is 0 Å². The van der Waals surface area contributed by atoms with Crippen LogP contribution in [0.3, 0.4) is 0 Å². The topological polar surface area (TPSA) is 80.1 Å². The minimum absolute atomic E-state index is 0.128. The SMILES string of the molecule is Cc1nc(C(C)N(C)C(=O)NCCn2ncc3ccccc3c2=O)c(C)s1. The molecule has 0 spiro atoms. The third-order valence-corrected chi connectivity index (χ3v) is 5.50. The van der Waals surface area contributed by atoms with Crippen molar-refractivity contribution in [2.45, 2.75) is 33.4 Å². The van der Waals surface area contributed by atoms with Gasteiger partial charge in [-0.05, 0) is 26.8 Å². The number of aryl methyl sites for hydroxylation is 2. The first-order chi connectivity index (χ1) is 12.9. The van der Waals surface area contributed by atoms with E-state index in [4.69, 9.17) is 0 Å². The lowest BCUT2D eigenvalue weighted by Gasteiger charge is -2.24. The molecule has 7 nitrogen and oxygen atoms in total. The number of nitrogens with one attached hydrogen (secondary N) is 1. The number of hydrogen-bond acceptors (Lipinski definition) is 5. The summed E-state index contributed by atoms with van der Waals surface area (Å²) in [7, 11) is 1.74. The molecule has 0 aliphatic carbocycles. The van der Waals surface area contributed by atoms with E-state index in [1.54, 1.807) is 35.5 Å². The normalized spacial score (nSPS) is 12.1. The molecule has 0 radical (unpaired) electrons. The van der Waals surface area contributed by atoms with E-state index in [1.807, 2.05) is 39.0 Å². The Hall–Kier alpha value is -2.74. The largest absolute Gasteiger partial charge is 0.336 e. The molecule has 0 aliphatic rings. The molecule has 0 aliphatic heterocycles. The molecule has 8 heteroatoms. The van der Waals surface area contributed by atoms with Gasteiger partial charge in [0.15, 0.2) is 0 Å². The Labute approximate surface area is 161 Å². The van der Waals surface area contributed by atoms with Crippen LogP contribution in [-0.4, -0.2) is 39.3 Å². The minimum Gasteiger partial charge on any atom is -0.336 e. The summed E-state index contributed by atoms with van der Waals surface area (Å²) >= 11 is 1.63. The molecule has 1 atom stereocenters. The molecule has 3 rings (SSSR count). The van der Waals surface area contributed by atoms with E-state index in [-0.39, 0.29) is 17.6 Å². The number of carbonyl (C=O) groups is 1. The number of nitrogens with zero attached hydrogens (tertiary/aromatic N) is 4. The van der Waals surface area contributed by atoms with Gasteiger partial charge in [0.25, 0.3) is 5.56 Å². The summed E-state index contributed by atoms with van der Waals surface area (Å²) in [5.41, 5.74) is 0.764. The fourth-order valence-corrected chi connectivity index (χ4v) is 3.88.